The number of methoxy groups -OCH3 is 1. The van der Waals surface area contributed by atoms with Gasteiger partial charge < -0.3 is 24.7 Å². The SMILES string of the molecule is CCNC(=NCc1ccco1)NCCCN1CCN(c2ccc(OC)cc2)CC1.I. The molecule has 2 heterocycles. The molecular formula is C22H34IN5O2. The van der Waals surface area contributed by atoms with E-state index >= 15 is 0 Å². The monoisotopic (exact) mass is 527 g/mol. The Bertz CT molecular complexity index is 728. The zero-order valence-corrected chi connectivity index (χ0v) is 20.3. The molecule has 0 amide bonds. The molecule has 1 aromatic carbocycles. The van der Waals surface area contributed by atoms with Crippen LogP contribution in [-0.4, -0.2) is 63.8 Å². The molecule has 2 N–H and O–H groups in total. The fraction of sp³-hybridized carbons (Fsp3) is 0.500. The number of guanidine groups is 1. The second-order valence-electron chi connectivity index (χ2n) is 7.08. The third-order valence-corrected chi connectivity index (χ3v) is 5.07. The molecule has 0 atom stereocenters. The van der Waals surface area contributed by atoms with Gasteiger partial charge in [-0.25, -0.2) is 4.99 Å². The van der Waals surface area contributed by atoms with Gasteiger partial charge in [-0.05, 0) is 56.3 Å². The van der Waals surface area contributed by atoms with E-state index in [4.69, 9.17) is 9.15 Å². The molecule has 2 aromatic rings. The van der Waals surface area contributed by atoms with Crippen LogP contribution in [0.1, 0.15) is 19.1 Å². The van der Waals surface area contributed by atoms with E-state index in [2.05, 4.69) is 44.5 Å². The summed E-state index contributed by atoms with van der Waals surface area (Å²) in [5, 5.41) is 6.70. The molecule has 1 fully saturated rings. The Morgan fingerprint density at radius 3 is 2.50 bits per heavy atom. The molecule has 0 saturated carbocycles. The van der Waals surface area contributed by atoms with Gasteiger partial charge in [0.05, 0.1) is 13.4 Å². The molecule has 1 aliphatic rings. The van der Waals surface area contributed by atoms with Crippen molar-refractivity contribution >= 4 is 35.6 Å². The van der Waals surface area contributed by atoms with Crippen LogP contribution in [0.3, 0.4) is 0 Å². The van der Waals surface area contributed by atoms with E-state index < -0.39 is 0 Å². The Balaban J connectivity index is 0.00000320. The van der Waals surface area contributed by atoms with Crippen LogP contribution in [0.15, 0.2) is 52.1 Å². The summed E-state index contributed by atoms with van der Waals surface area (Å²) >= 11 is 0. The third-order valence-electron chi connectivity index (χ3n) is 5.07. The van der Waals surface area contributed by atoms with Crippen molar-refractivity contribution in [3.8, 4) is 5.75 Å². The van der Waals surface area contributed by atoms with Crippen molar-refractivity contribution in [3.05, 3.63) is 48.4 Å². The lowest BCUT2D eigenvalue weighted by Gasteiger charge is -2.36. The number of benzene rings is 1. The van der Waals surface area contributed by atoms with Crippen molar-refractivity contribution in [2.45, 2.75) is 19.9 Å². The quantitative estimate of drug-likeness (QED) is 0.226. The lowest BCUT2D eigenvalue weighted by atomic mass is 10.2. The number of halogens is 1. The smallest absolute Gasteiger partial charge is 0.191 e. The van der Waals surface area contributed by atoms with Crippen molar-refractivity contribution in [1.82, 2.24) is 15.5 Å². The number of ether oxygens (including phenoxy) is 1. The van der Waals surface area contributed by atoms with Crippen LogP contribution >= 0.6 is 24.0 Å². The molecule has 1 saturated heterocycles. The van der Waals surface area contributed by atoms with Crippen molar-refractivity contribution in [2.75, 3.05) is 57.8 Å². The third kappa shape index (κ3) is 7.71. The number of piperazine rings is 1. The molecule has 0 bridgehead atoms. The molecule has 0 unspecified atom stereocenters. The topological polar surface area (TPSA) is 65.3 Å². The standard InChI is InChI=1S/C22H33N5O2.HI/c1-3-23-22(25-18-21-6-4-17-29-21)24-11-5-12-26-13-15-27(16-14-26)19-7-9-20(28-2)10-8-19;/h4,6-10,17H,3,5,11-16,18H2,1-2H3,(H2,23,24,25);1H. The second-order valence-corrected chi connectivity index (χ2v) is 7.08. The highest BCUT2D eigenvalue weighted by Gasteiger charge is 2.16. The number of nitrogens with one attached hydrogen (secondary N) is 2. The van der Waals surface area contributed by atoms with Crippen LogP contribution in [0.25, 0.3) is 0 Å². The van der Waals surface area contributed by atoms with Gasteiger partial charge in [0, 0.05) is 45.0 Å². The maximum Gasteiger partial charge on any atom is 0.191 e. The Morgan fingerprint density at radius 2 is 1.87 bits per heavy atom. The van der Waals surface area contributed by atoms with Crippen LogP contribution < -0.4 is 20.3 Å². The summed E-state index contributed by atoms with van der Waals surface area (Å²) in [6.07, 6.45) is 2.77. The Morgan fingerprint density at radius 1 is 1.10 bits per heavy atom. The highest BCUT2D eigenvalue weighted by atomic mass is 127. The summed E-state index contributed by atoms with van der Waals surface area (Å²) in [7, 11) is 1.70. The van der Waals surface area contributed by atoms with E-state index in [0.717, 1.165) is 69.7 Å². The average molecular weight is 527 g/mol. The van der Waals surface area contributed by atoms with Crippen molar-refractivity contribution in [3.63, 3.8) is 0 Å². The van der Waals surface area contributed by atoms with E-state index in [1.54, 1.807) is 13.4 Å². The van der Waals surface area contributed by atoms with E-state index in [1.165, 1.54) is 5.69 Å². The molecule has 0 aliphatic carbocycles. The fourth-order valence-electron chi connectivity index (χ4n) is 3.43. The van der Waals surface area contributed by atoms with Gasteiger partial charge >= 0.3 is 0 Å². The van der Waals surface area contributed by atoms with E-state index in [-0.39, 0.29) is 24.0 Å². The molecule has 30 heavy (non-hydrogen) atoms. The summed E-state index contributed by atoms with van der Waals surface area (Å²) < 4.78 is 10.6. The van der Waals surface area contributed by atoms with Gasteiger partial charge in [0.25, 0.3) is 0 Å². The van der Waals surface area contributed by atoms with Crippen LogP contribution in [0.5, 0.6) is 5.75 Å². The molecule has 1 aromatic heterocycles. The molecule has 1 aliphatic heterocycles. The Labute approximate surface area is 196 Å². The number of hydrogen-bond donors (Lipinski definition) is 2. The van der Waals surface area contributed by atoms with Crippen LogP contribution in [-0.2, 0) is 6.54 Å². The predicted octanol–water partition coefficient (Wildman–Crippen LogP) is 3.17. The number of anilines is 1. The molecule has 166 valence electrons. The molecule has 7 nitrogen and oxygen atoms in total. The van der Waals surface area contributed by atoms with Crippen LogP contribution in [0.2, 0.25) is 0 Å². The van der Waals surface area contributed by atoms with Gasteiger partial charge in [0.2, 0.25) is 0 Å². The zero-order valence-electron chi connectivity index (χ0n) is 18.0. The van der Waals surface area contributed by atoms with Crippen molar-refractivity contribution in [1.29, 1.82) is 0 Å². The summed E-state index contributed by atoms with van der Waals surface area (Å²) in [6.45, 7) is 9.79. The highest BCUT2D eigenvalue weighted by molar-refractivity contribution is 14.0. The van der Waals surface area contributed by atoms with Crippen molar-refractivity contribution < 1.29 is 9.15 Å². The number of furan rings is 1. The minimum atomic E-state index is 0. The van der Waals surface area contributed by atoms with Crippen LogP contribution in [0.4, 0.5) is 5.69 Å². The summed E-state index contributed by atoms with van der Waals surface area (Å²) in [5.41, 5.74) is 1.27. The first kappa shape index (κ1) is 24.3. The predicted molar refractivity (Wildman–Crippen MR) is 133 cm³/mol. The average Bonchev–Trinajstić information content (AvgIpc) is 3.29. The zero-order chi connectivity index (χ0) is 20.3. The van der Waals surface area contributed by atoms with E-state index in [0.29, 0.717) is 6.54 Å². The second kappa shape index (κ2) is 13.4. The lowest BCUT2D eigenvalue weighted by molar-refractivity contribution is 0.255. The summed E-state index contributed by atoms with van der Waals surface area (Å²) in [6, 6.07) is 12.2. The number of nitrogens with zero attached hydrogens (tertiary/aromatic N) is 3. The largest absolute Gasteiger partial charge is 0.497 e. The van der Waals surface area contributed by atoms with Gasteiger partial charge in [-0.2, -0.15) is 0 Å². The van der Waals surface area contributed by atoms with Gasteiger partial charge in [-0.15, -0.1) is 24.0 Å². The molecule has 0 radical (unpaired) electrons. The van der Waals surface area contributed by atoms with Crippen molar-refractivity contribution in [2.24, 2.45) is 4.99 Å². The molecule has 3 rings (SSSR count). The van der Waals surface area contributed by atoms with E-state index in [9.17, 15) is 0 Å². The van der Waals surface area contributed by atoms with Gasteiger partial charge in [0.15, 0.2) is 5.96 Å². The van der Waals surface area contributed by atoms with Gasteiger partial charge in [0.1, 0.15) is 18.1 Å². The molecular weight excluding hydrogens is 493 g/mol. The minimum Gasteiger partial charge on any atom is -0.497 e. The Hall–Kier alpha value is -1.94. The maximum atomic E-state index is 5.34. The highest BCUT2D eigenvalue weighted by Crippen LogP contribution is 2.20. The first-order valence-electron chi connectivity index (χ1n) is 10.4. The van der Waals surface area contributed by atoms with Gasteiger partial charge in [-0.3, -0.25) is 4.90 Å². The number of hydrogen-bond acceptors (Lipinski definition) is 5. The summed E-state index contributed by atoms with van der Waals surface area (Å²) in [5.74, 6) is 2.62. The molecule has 0 spiro atoms. The number of aliphatic imine (C=N–C) groups is 1. The first-order chi connectivity index (χ1) is 14.3. The van der Waals surface area contributed by atoms with Crippen LogP contribution in [0, 0.1) is 0 Å². The normalized spacial score (nSPS) is 14.9. The van der Waals surface area contributed by atoms with E-state index in [1.807, 2.05) is 24.3 Å². The van der Waals surface area contributed by atoms with Gasteiger partial charge in [-0.1, -0.05) is 0 Å². The summed E-state index contributed by atoms with van der Waals surface area (Å²) in [4.78, 5) is 9.55. The fourth-order valence-corrected chi connectivity index (χ4v) is 3.43. The number of rotatable bonds is 9. The minimum absolute atomic E-state index is 0. The Kier molecular flexibility index (Phi) is 10.9. The first-order valence-corrected chi connectivity index (χ1v) is 10.4. The lowest BCUT2D eigenvalue weighted by Crippen LogP contribution is -2.47. The molecule has 8 heteroatoms. The maximum absolute atomic E-state index is 5.34.